The zero-order valence-electron chi connectivity index (χ0n) is 6.65. The minimum Gasteiger partial charge on any atom is -0.123 e. The number of rotatable bonds is 4. The summed E-state index contributed by atoms with van der Waals surface area (Å²) in [6.07, 6.45) is 3.69. The topological polar surface area (TPSA) is 0 Å². The van der Waals surface area contributed by atoms with Gasteiger partial charge in [0.2, 0.25) is 0 Å². The molecule has 0 rings (SSSR count). The average Bonchev–Trinajstić information content (AvgIpc) is 1.87. The van der Waals surface area contributed by atoms with Gasteiger partial charge in [-0.2, -0.15) is 0 Å². The van der Waals surface area contributed by atoms with Crippen LogP contribution in [0.4, 0.5) is 0 Å². The molecule has 0 aliphatic rings. The van der Waals surface area contributed by atoms with Crippen molar-refractivity contribution in [1.82, 2.24) is 0 Å². The first-order valence-corrected chi connectivity index (χ1v) is 5.45. The van der Waals surface area contributed by atoms with Crippen LogP contribution in [0.5, 0.6) is 0 Å². The predicted molar refractivity (Wildman–Crippen MR) is 48.5 cm³/mol. The molecule has 0 amide bonds. The highest BCUT2D eigenvalue weighted by Gasteiger charge is 2.09. The minimum absolute atomic E-state index is 0.465. The van der Waals surface area contributed by atoms with E-state index < -0.39 is 0 Å². The maximum absolute atomic E-state index is 6.07. The maximum atomic E-state index is 6.07. The summed E-state index contributed by atoms with van der Waals surface area (Å²) >= 11 is 6.07. The summed E-state index contributed by atoms with van der Waals surface area (Å²) in [7, 11) is 1.26. The molecular weight excluding hydrogens is 148 g/mol. The van der Waals surface area contributed by atoms with Crippen LogP contribution in [0, 0.1) is 0 Å². The smallest absolute Gasteiger partial charge is 0.0332 e. The maximum Gasteiger partial charge on any atom is 0.0332 e. The van der Waals surface area contributed by atoms with E-state index in [-0.39, 0.29) is 0 Å². The molecule has 0 fully saturated rings. The fourth-order valence-electron chi connectivity index (χ4n) is 0.816. The Morgan fingerprint density at radius 2 is 2.00 bits per heavy atom. The van der Waals surface area contributed by atoms with Crippen LogP contribution in [0.1, 0.15) is 33.1 Å². The molecule has 2 unspecified atom stereocenters. The Labute approximate surface area is 66.4 Å². The minimum atomic E-state index is 0.465. The summed E-state index contributed by atoms with van der Waals surface area (Å²) in [4.78, 5) is 0. The first-order valence-electron chi connectivity index (χ1n) is 3.86. The van der Waals surface area contributed by atoms with Crippen molar-refractivity contribution in [2.75, 3.05) is 0 Å². The van der Waals surface area contributed by atoms with Gasteiger partial charge in [-0.25, -0.2) is 0 Å². The molecule has 9 heavy (non-hydrogen) atoms. The molecule has 0 spiro atoms. The van der Waals surface area contributed by atoms with Gasteiger partial charge < -0.3 is 0 Å². The van der Waals surface area contributed by atoms with Gasteiger partial charge in [0, 0.05) is 15.6 Å². The normalized spacial score (nSPS) is 17.7. The lowest BCUT2D eigenvalue weighted by Crippen LogP contribution is -2.07. The van der Waals surface area contributed by atoms with Crippen molar-refractivity contribution in [2.24, 2.45) is 0 Å². The Morgan fingerprint density at radius 1 is 1.44 bits per heavy atom. The molecule has 2 heteroatoms. The molecular formula is C7H17ClSi. The number of hydrogen-bond acceptors (Lipinski definition) is 0. The largest absolute Gasteiger partial charge is 0.123 e. The summed E-state index contributed by atoms with van der Waals surface area (Å²) < 4.78 is 0. The standard InChI is InChI=1S/C7H17ClSi/c1-3-5-6(8)7(9)4-2/h6-7H,3-5H2,1-2,9H3. The van der Waals surface area contributed by atoms with E-state index in [0.717, 1.165) is 5.54 Å². The van der Waals surface area contributed by atoms with Crippen LogP contribution in [0.3, 0.4) is 0 Å². The van der Waals surface area contributed by atoms with Crippen molar-refractivity contribution in [3.63, 3.8) is 0 Å². The Kier molecular flexibility index (Phi) is 5.60. The van der Waals surface area contributed by atoms with Gasteiger partial charge in [-0.1, -0.05) is 26.7 Å². The monoisotopic (exact) mass is 164 g/mol. The molecule has 0 aliphatic heterocycles. The first kappa shape index (κ1) is 9.51. The van der Waals surface area contributed by atoms with Crippen LogP contribution in [0.2, 0.25) is 5.54 Å². The average molecular weight is 165 g/mol. The molecule has 0 saturated carbocycles. The van der Waals surface area contributed by atoms with E-state index in [0.29, 0.717) is 5.38 Å². The number of hydrogen-bond donors (Lipinski definition) is 0. The van der Waals surface area contributed by atoms with Gasteiger partial charge in [0.05, 0.1) is 0 Å². The van der Waals surface area contributed by atoms with Crippen molar-refractivity contribution in [1.29, 1.82) is 0 Å². The van der Waals surface area contributed by atoms with Gasteiger partial charge in [-0.05, 0) is 12.0 Å². The Morgan fingerprint density at radius 3 is 2.33 bits per heavy atom. The van der Waals surface area contributed by atoms with Crippen LogP contribution >= 0.6 is 11.6 Å². The van der Waals surface area contributed by atoms with Crippen LogP contribution in [-0.2, 0) is 0 Å². The highest BCUT2D eigenvalue weighted by Crippen LogP contribution is 2.21. The molecule has 0 aliphatic carbocycles. The molecule has 0 heterocycles. The summed E-state index contributed by atoms with van der Waals surface area (Å²) in [6, 6.07) is 0. The lowest BCUT2D eigenvalue weighted by Gasteiger charge is -2.14. The van der Waals surface area contributed by atoms with E-state index in [1.54, 1.807) is 0 Å². The summed E-state index contributed by atoms with van der Waals surface area (Å²) in [5, 5.41) is 0.465. The molecule has 0 aromatic carbocycles. The fraction of sp³-hybridized carbons (Fsp3) is 1.00. The number of halogens is 1. The van der Waals surface area contributed by atoms with Gasteiger partial charge >= 0.3 is 0 Å². The lowest BCUT2D eigenvalue weighted by atomic mass is 10.1. The van der Waals surface area contributed by atoms with E-state index in [2.05, 4.69) is 13.8 Å². The van der Waals surface area contributed by atoms with Gasteiger partial charge in [0.15, 0.2) is 0 Å². The second-order valence-electron chi connectivity index (χ2n) is 2.69. The second kappa shape index (κ2) is 5.30. The molecule has 0 nitrogen and oxygen atoms in total. The lowest BCUT2D eigenvalue weighted by molar-refractivity contribution is 0.664. The third kappa shape index (κ3) is 3.99. The Hall–Kier alpha value is 0.507. The van der Waals surface area contributed by atoms with Crippen LogP contribution in [-0.4, -0.2) is 15.6 Å². The zero-order valence-corrected chi connectivity index (χ0v) is 9.41. The van der Waals surface area contributed by atoms with E-state index >= 15 is 0 Å². The first-order chi connectivity index (χ1) is 4.22. The number of alkyl halides is 1. The summed E-state index contributed by atoms with van der Waals surface area (Å²) in [6.45, 7) is 4.42. The van der Waals surface area contributed by atoms with Crippen molar-refractivity contribution >= 4 is 21.8 Å². The van der Waals surface area contributed by atoms with Gasteiger partial charge in [-0.3, -0.25) is 0 Å². The fourth-order valence-corrected chi connectivity index (χ4v) is 1.55. The molecule has 0 radical (unpaired) electrons. The van der Waals surface area contributed by atoms with E-state index in [1.165, 1.54) is 29.5 Å². The zero-order chi connectivity index (χ0) is 7.28. The molecule has 2 atom stereocenters. The van der Waals surface area contributed by atoms with Crippen LogP contribution in [0.15, 0.2) is 0 Å². The second-order valence-corrected chi connectivity index (χ2v) is 4.73. The molecule has 0 bridgehead atoms. The third-order valence-electron chi connectivity index (χ3n) is 1.83. The predicted octanol–water partition coefficient (Wildman–Crippen LogP) is 1.96. The Balaban J connectivity index is 3.32. The van der Waals surface area contributed by atoms with E-state index in [4.69, 9.17) is 11.6 Å². The van der Waals surface area contributed by atoms with Gasteiger partial charge in [0.1, 0.15) is 0 Å². The SMILES string of the molecule is CCCC(Cl)C([SiH3])CC. The van der Waals surface area contributed by atoms with E-state index in [1.807, 2.05) is 0 Å². The van der Waals surface area contributed by atoms with Crippen LogP contribution < -0.4 is 0 Å². The quantitative estimate of drug-likeness (QED) is 0.440. The molecule has 0 aromatic rings. The highest BCUT2D eigenvalue weighted by molar-refractivity contribution is 6.26. The summed E-state index contributed by atoms with van der Waals surface area (Å²) in [5.41, 5.74) is 0.826. The molecule has 0 N–H and O–H groups in total. The third-order valence-corrected chi connectivity index (χ3v) is 4.52. The molecule has 56 valence electrons. The molecule has 0 aromatic heterocycles. The summed E-state index contributed by atoms with van der Waals surface area (Å²) in [5.74, 6) is 0. The Bertz CT molecular complexity index is 65.9. The van der Waals surface area contributed by atoms with Crippen molar-refractivity contribution in [3.8, 4) is 0 Å². The van der Waals surface area contributed by atoms with Gasteiger partial charge in [-0.15, -0.1) is 11.6 Å². The van der Waals surface area contributed by atoms with E-state index in [9.17, 15) is 0 Å². The molecule has 0 saturated heterocycles. The van der Waals surface area contributed by atoms with Crippen molar-refractivity contribution in [2.45, 2.75) is 44.0 Å². The van der Waals surface area contributed by atoms with Crippen molar-refractivity contribution < 1.29 is 0 Å². The van der Waals surface area contributed by atoms with Crippen molar-refractivity contribution in [3.05, 3.63) is 0 Å². The van der Waals surface area contributed by atoms with Gasteiger partial charge in [0.25, 0.3) is 0 Å². The van der Waals surface area contributed by atoms with Crippen LogP contribution in [0.25, 0.3) is 0 Å². The highest BCUT2D eigenvalue weighted by atomic mass is 35.5.